The van der Waals surface area contributed by atoms with Crippen LogP contribution in [0.5, 0.6) is 0 Å². The third kappa shape index (κ3) is 9.30. The predicted octanol–water partition coefficient (Wildman–Crippen LogP) is 7.76. The van der Waals surface area contributed by atoms with Gasteiger partial charge in [0.15, 0.2) is 0 Å². The molecule has 0 aliphatic rings. The van der Waals surface area contributed by atoms with Crippen LogP contribution in [0.25, 0.3) is 0 Å². The van der Waals surface area contributed by atoms with Crippen molar-refractivity contribution >= 4 is 50.7 Å². The van der Waals surface area contributed by atoms with E-state index >= 15 is 0 Å². The number of benzene rings is 4. The fourth-order valence-electron chi connectivity index (χ4n) is 4.98. The standard InChI is InChI=1S/C35H34Cl2F3N3O4S/c1-2-3-20-41-34(45)32(21-25-12-6-4-7-13-25)42(23-26-14-10-11-17-29(26)36)33(44)24-43(48(46,47)28-15-8-5-9-16-28)31-22-27(35(38,39)40)18-19-30(31)37/h4-19,22,32H,2-3,20-21,23-24H2,1H3,(H,41,45)/t32-/m0/s1. The summed E-state index contributed by atoms with van der Waals surface area (Å²) in [6.07, 6.45) is -3.29. The van der Waals surface area contributed by atoms with Crippen molar-refractivity contribution in [3.05, 3.63) is 130 Å². The largest absolute Gasteiger partial charge is 0.416 e. The fraction of sp³-hybridized carbons (Fsp3) is 0.257. The van der Waals surface area contributed by atoms with Gasteiger partial charge in [-0.25, -0.2) is 8.42 Å². The number of hydrogen-bond acceptors (Lipinski definition) is 4. The van der Waals surface area contributed by atoms with Gasteiger partial charge in [-0.2, -0.15) is 13.2 Å². The number of halogens is 5. The van der Waals surface area contributed by atoms with E-state index in [1.165, 1.54) is 29.2 Å². The Hall–Kier alpha value is -4.06. The molecule has 0 spiro atoms. The van der Waals surface area contributed by atoms with Crippen LogP contribution < -0.4 is 9.62 Å². The Morgan fingerprint density at radius 1 is 0.854 bits per heavy atom. The van der Waals surface area contributed by atoms with Crippen molar-refractivity contribution in [1.29, 1.82) is 0 Å². The number of hydrogen-bond donors (Lipinski definition) is 1. The van der Waals surface area contributed by atoms with E-state index < -0.39 is 51.9 Å². The fourth-order valence-corrected chi connectivity index (χ4v) is 6.89. The molecule has 48 heavy (non-hydrogen) atoms. The van der Waals surface area contributed by atoms with Crippen molar-refractivity contribution in [1.82, 2.24) is 10.2 Å². The molecule has 0 unspecified atom stereocenters. The molecule has 4 aromatic carbocycles. The van der Waals surface area contributed by atoms with Gasteiger partial charge in [-0.15, -0.1) is 0 Å². The summed E-state index contributed by atoms with van der Waals surface area (Å²) in [6.45, 7) is 1.12. The van der Waals surface area contributed by atoms with Crippen LogP contribution in [0.3, 0.4) is 0 Å². The number of rotatable bonds is 14. The zero-order valence-electron chi connectivity index (χ0n) is 26.0. The van der Waals surface area contributed by atoms with Crippen LogP contribution in [0.1, 0.15) is 36.5 Å². The summed E-state index contributed by atoms with van der Waals surface area (Å²) in [5.41, 5.74) is -0.512. The number of unbranched alkanes of at least 4 members (excludes halogenated alkanes) is 1. The summed E-state index contributed by atoms with van der Waals surface area (Å²) < 4.78 is 70.3. The molecule has 0 aliphatic carbocycles. The summed E-state index contributed by atoms with van der Waals surface area (Å²) in [6, 6.07) is 23.7. The maximum absolute atomic E-state index is 14.5. The minimum Gasteiger partial charge on any atom is -0.354 e. The molecule has 0 saturated carbocycles. The molecule has 2 amide bonds. The maximum atomic E-state index is 14.5. The zero-order chi connectivity index (χ0) is 34.9. The highest BCUT2D eigenvalue weighted by atomic mass is 35.5. The Kier molecular flexibility index (Phi) is 12.5. The number of nitrogens with zero attached hydrogens (tertiary/aromatic N) is 2. The smallest absolute Gasteiger partial charge is 0.354 e. The number of carbonyl (C=O) groups excluding carboxylic acids is 2. The first-order chi connectivity index (χ1) is 22.8. The molecule has 0 radical (unpaired) electrons. The summed E-state index contributed by atoms with van der Waals surface area (Å²) in [5, 5.41) is 2.84. The lowest BCUT2D eigenvalue weighted by atomic mass is 10.0. The molecule has 0 aliphatic heterocycles. The average Bonchev–Trinajstić information content (AvgIpc) is 3.06. The van der Waals surface area contributed by atoms with Gasteiger partial charge >= 0.3 is 6.18 Å². The Bertz CT molecular complexity index is 1810. The second-order valence-corrected chi connectivity index (χ2v) is 13.6. The van der Waals surface area contributed by atoms with Gasteiger partial charge in [-0.05, 0) is 53.9 Å². The summed E-state index contributed by atoms with van der Waals surface area (Å²) in [4.78, 5) is 29.3. The normalized spacial score (nSPS) is 12.3. The second kappa shape index (κ2) is 16.4. The molecule has 0 bridgehead atoms. The quantitative estimate of drug-likeness (QED) is 0.135. The lowest BCUT2D eigenvalue weighted by Gasteiger charge is -2.34. The van der Waals surface area contributed by atoms with E-state index in [1.807, 2.05) is 6.92 Å². The van der Waals surface area contributed by atoms with E-state index in [1.54, 1.807) is 60.7 Å². The van der Waals surface area contributed by atoms with Crippen LogP contribution in [-0.4, -0.2) is 44.3 Å². The summed E-state index contributed by atoms with van der Waals surface area (Å²) >= 11 is 12.8. The Balaban J connectivity index is 1.86. The number of nitrogens with one attached hydrogen (secondary N) is 1. The van der Waals surface area contributed by atoms with E-state index in [9.17, 15) is 31.2 Å². The van der Waals surface area contributed by atoms with Gasteiger partial charge < -0.3 is 10.2 Å². The molecule has 0 aromatic heterocycles. The number of alkyl halides is 3. The van der Waals surface area contributed by atoms with Gasteiger partial charge in [0.05, 0.1) is 21.2 Å². The Labute approximate surface area is 288 Å². The Morgan fingerprint density at radius 3 is 2.10 bits per heavy atom. The molecule has 0 saturated heterocycles. The van der Waals surface area contributed by atoms with Crippen molar-refractivity contribution in [3.63, 3.8) is 0 Å². The minimum atomic E-state index is -4.83. The number of carbonyl (C=O) groups is 2. The summed E-state index contributed by atoms with van der Waals surface area (Å²) in [7, 11) is -4.66. The van der Waals surface area contributed by atoms with Crippen molar-refractivity contribution in [2.45, 2.75) is 49.8 Å². The first-order valence-electron chi connectivity index (χ1n) is 15.1. The molecular formula is C35H34Cl2F3N3O4S. The van der Waals surface area contributed by atoms with Gasteiger partial charge in [0, 0.05) is 24.5 Å². The highest BCUT2D eigenvalue weighted by Crippen LogP contribution is 2.37. The summed E-state index contributed by atoms with van der Waals surface area (Å²) in [5.74, 6) is -1.35. The molecule has 4 aromatic rings. The van der Waals surface area contributed by atoms with E-state index in [0.29, 0.717) is 33.9 Å². The van der Waals surface area contributed by atoms with Crippen molar-refractivity contribution < 1.29 is 31.2 Å². The molecule has 13 heteroatoms. The van der Waals surface area contributed by atoms with Crippen molar-refractivity contribution in [3.8, 4) is 0 Å². The third-order valence-electron chi connectivity index (χ3n) is 7.55. The van der Waals surface area contributed by atoms with E-state index in [0.717, 1.165) is 24.1 Å². The minimum absolute atomic E-state index is 0.0603. The molecule has 7 nitrogen and oxygen atoms in total. The van der Waals surface area contributed by atoms with Crippen molar-refractivity contribution in [2.75, 3.05) is 17.4 Å². The average molecular weight is 721 g/mol. The topological polar surface area (TPSA) is 86.8 Å². The lowest BCUT2D eigenvalue weighted by molar-refractivity contribution is -0.140. The molecular weight excluding hydrogens is 686 g/mol. The molecule has 254 valence electrons. The molecule has 0 heterocycles. The zero-order valence-corrected chi connectivity index (χ0v) is 28.3. The van der Waals surface area contributed by atoms with Crippen LogP contribution >= 0.6 is 23.2 Å². The third-order valence-corrected chi connectivity index (χ3v) is 10.0. The molecule has 1 atom stereocenters. The van der Waals surface area contributed by atoms with Crippen molar-refractivity contribution in [2.24, 2.45) is 0 Å². The first kappa shape index (κ1) is 36.8. The molecule has 4 rings (SSSR count). The monoisotopic (exact) mass is 719 g/mol. The lowest BCUT2D eigenvalue weighted by Crippen LogP contribution is -2.53. The van der Waals surface area contributed by atoms with Crippen LogP contribution in [0.4, 0.5) is 18.9 Å². The SMILES string of the molecule is CCCCNC(=O)[C@H](Cc1ccccc1)N(Cc1ccccc1Cl)C(=O)CN(c1cc(C(F)(F)F)ccc1Cl)S(=O)(=O)c1ccccc1. The van der Waals surface area contributed by atoms with Crippen LogP contribution in [0, 0.1) is 0 Å². The van der Waals surface area contributed by atoms with Crippen LogP contribution in [0.2, 0.25) is 10.0 Å². The number of anilines is 1. The molecule has 1 N–H and O–H groups in total. The van der Waals surface area contributed by atoms with Gasteiger partial charge in [0.2, 0.25) is 11.8 Å². The van der Waals surface area contributed by atoms with Gasteiger partial charge in [0.1, 0.15) is 12.6 Å². The molecule has 0 fully saturated rings. The Morgan fingerprint density at radius 2 is 1.48 bits per heavy atom. The highest BCUT2D eigenvalue weighted by Gasteiger charge is 2.37. The van der Waals surface area contributed by atoms with E-state index in [4.69, 9.17) is 23.2 Å². The van der Waals surface area contributed by atoms with Gasteiger partial charge in [0.25, 0.3) is 10.0 Å². The van der Waals surface area contributed by atoms with E-state index in [2.05, 4.69) is 5.32 Å². The second-order valence-electron chi connectivity index (χ2n) is 11.0. The van der Waals surface area contributed by atoms with Crippen LogP contribution in [0.15, 0.2) is 108 Å². The maximum Gasteiger partial charge on any atom is 0.416 e. The first-order valence-corrected chi connectivity index (χ1v) is 17.3. The van der Waals surface area contributed by atoms with E-state index in [-0.39, 0.29) is 22.9 Å². The highest BCUT2D eigenvalue weighted by molar-refractivity contribution is 7.92. The van der Waals surface area contributed by atoms with Gasteiger partial charge in [-0.1, -0.05) is 103 Å². The van der Waals surface area contributed by atoms with Gasteiger partial charge in [-0.3, -0.25) is 13.9 Å². The predicted molar refractivity (Wildman–Crippen MR) is 181 cm³/mol. The number of sulfonamides is 1. The number of amides is 2. The van der Waals surface area contributed by atoms with Crippen LogP contribution in [-0.2, 0) is 38.8 Å².